The van der Waals surface area contributed by atoms with Crippen LogP contribution in [0.1, 0.15) is 138 Å². The number of likely N-dealkylation sites (tertiary alicyclic amines) is 3. The lowest BCUT2D eigenvalue weighted by Crippen LogP contribution is -2.54. The topological polar surface area (TPSA) is 285 Å². The largest absolute Gasteiger partial charge is 0.453 e. The molecule has 12 heterocycles. The van der Waals surface area contributed by atoms with Gasteiger partial charge in [-0.05, 0) is 201 Å². The average molecular weight is 1630 g/mol. The summed E-state index contributed by atoms with van der Waals surface area (Å²) in [5, 5.41) is 52.2. The fourth-order valence-corrected chi connectivity index (χ4v) is 18.4. The standard InChI is InChI=1S/C27H32Cl2N8O.C26H33Cl2N7O2.C26H31Cl2N7O/c1-17(21-8-7-20(28)11-22(21)29)37-27-26(23(12-30)34-37)32-13-24(33-27)36-15-19(16-36)18-5-3-9-35(14-18)10-4-6-25(38)31-2;1-16-24-25(35(32-16)17(2)21-7-6-20(27)11-22(21)28)31-23(12-30-24)34-14-19(15-34)18-5-4-9-33(13-18)10-8-29-26(36)37-3;1-16(20-7-6-19(27)9-21(20)28)35-25-24(22(10-29)32-35)30-11-23(31-25)34-13-18(14-34)17-5-4-8-33(12-17)15-26(2,3)36/h7-8,11,13,17-19H,3-6,9-10,14-16H2,1-2H3,(H,31,38);6-7,11-12,17-19H,4-5,8-10,13-15H2,1-3H3,(H,29,36);6-7,9,11,16-18,36H,4-5,8,12-15H2,1-3H3. The summed E-state index contributed by atoms with van der Waals surface area (Å²) >= 11 is 37.7. The first-order valence-corrected chi connectivity index (χ1v) is 40.6. The third-order valence-electron chi connectivity index (χ3n) is 22.9. The van der Waals surface area contributed by atoms with Gasteiger partial charge in [0.05, 0.1) is 55.1 Å². The molecule has 0 saturated carbocycles. The number of halogens is 6. The molecule has 6 unspecified atom stereocenters. The molecule has 6 aliphatic heterocycles. The zero-order chi connectivity index (χ0) is 78.5. The Labute approximate surface area is 677 Å². The molecular formula is C79H96Cl6N22O4. The van der Waals surface area contributed by atoms with Crippen LogP contribution >= 0.6 is 69.6 Å². The number of piperidine rings is 3. The van der Waals surface area contributed by atoms with Crippen LogP contribution in [-0.4, -0.2) is 216 Å². The number of ether oxygens (including phenoxy) is 1. The number of amides is 2. The minimum absolute atomic E-state index is 0.111. The second kappa shape index (κ2) is 35.6. The highest BCUT2D eigenvalue weighted by molar-refractivity contribution is 6.36. The van der Waals surface area contributed by atoms with Gasteiger partial charge in [-0.25, -0.2) is 48.7 Å². The Kier molecular flexibility index (Phi) is 26.0. The number of nitrogens with one attached hydrogen (secondary N) is 2. The molecule has 6 aromatic heterocycles. The molecule has 588 valence electrons. The maximum atomic E-state index is 11.5. The Bertz CT molecular complexity index is 4900. The molecule has 15 rings (SSSR count). The normalized spacial score (nSPS) is 19.7. The van der Waals surface area contributed by atoms with Gasteiger partial charge in [0, 0.05) is 122 Å². The lowest BCUT2D eigenvalue weighted by molar-refractivity contribution is -0.120. The summed E-state index contributed by atoms with van der Waals surface area (Å²) in [7, 11) is 3.08. The summed E-state index contributed by atoms with van der Waals surface area (Å²) in [4.78, 5) is 65.7. The second-order valence-corrected chi connectivity index (χ2v) is 33.6. The van der Waals surface area contributed by atoms with Gasteiger partial charge in [0.2, 0.25) is 5.91 Å². The highest BCUT2D eigenvalue weighted by Gasteiger charge is 2.41. The van der Waals surface area contributed by atoms with Gasteiger partial charge in [-0.2, -0.15) is 25.8 Å². The van der Waals surface area contributed by atoms with Gasteiger partial charge in [-0.1, -0.05) is 87.8 Å². The number of carbonyl (C=O) groups is 2. The number of aromatic nitrogens is 12. The van der Waals surface area contributed by atoms with Crippen molar-refractivity contribution in [2.24, 2.45) is 35.5 Å². The molecular weight excluding hydrogens is 1530 g/mol. The Morgan fingerprint density at radius 2 is 0.937 bits per heavy atom. The van der Waals surface area contributed by atoms with Crippen molar-refractivity contribution < 1.29 is 19.4 Å². The zero-order valence-electron chi connectivity index (χ0n) is 64.0. The minimum atomic E-state index is -0.669. The molecule has 9 aromatic rings. The van der Waals surface area contributed by atoms with Crippen LogP contribution in [0.2, 0.25) is 30.1 Å². The number of anilines is 3. The van der Waals surface area contributed by atoms with E-state index in [9.17, 15) is 25.2 Å². The van der Waals surface area contributed by atoms with E-state index in [1.54, 1.807) is 59.1 Å². The van der Waals surface area contributed by atoms with Crippen molar-refractivity contribution in [1.29, 1.82) is 10.5 Å². The van der Waals surface area contributed by atoms with E-state index in [4.69, 9.17) is 94.6 Å². The molecule has 0 bridgehead atoms. The Morgan fingerprint density at radius 3 is 1.32 bits per heavy atom. The molecule has 0 spiro atoms. The van der Waals surface area contributed by atoms with Gasteiger partial charge in [0.25, 0.3) is 0 Å². The first-order chi connectivity index (χ1) is 53.3. The summed E-state index contributed by atoms with van der Waals surface area (Å²) in [6.07, 6.45) is 13.7. The quantitative estimate of drug-likeness (QED) is 0.0602. The highest BCUT2D eigenvalue weighted by atomic mass is 35.5. The molecule has 32 heteroatoms. The molecule has 6 fully saturated rings. The third kappa shape index (κ3) is 18.8. The van der Waals surface area contributed by atoms with E-state index in [0.717, 1.165) is 149 Å². The number of rotatable bonds is 21. The number of aliphatic hydroxyl groups is 1. The summed E-state index contributed by atoms with van der Waals surface area (Å²) in [5.74, 6) is 6.35. The first kappa shape index (κ1) is 81.0. The smallest absolute Gasteiger partial charge is 0.406 e. The maximum Gasteiger partial charge on any atom is 0.406 e. The van der Waals surface area contributed by atoms with Crippen molar-refractivity contribution in [1.82, 2.24) is 84.6 Å². The van der Waals surface area contributed by atoms with Crippen molar-refractivity contribution >= 4 is 133 Å². The van der Waals surface area contributed by atoms with Crippen molar-refractivity contribution in [2.75, 3.05) is 134 Å². The number of β-amino-alcohol motifs (C(OH)–C–C–N with tert-alkyl or cyclic N) is 1. The van der Waals surface area contributed by atoms with Crippen molar-refractivity contribution in [3.05, 3.63) is 137 Å². The maximum absolute atomic E-state index is 11.5. The van der Waals surface area contributed by atoms with E-state index in [1.807, 2.05) is 69.8 Å². The fourth-order valence-electron chi connectivity index (χ4n) is 16.7. The number of aryl methyl sites for hydroxylation is 1. The van der Waals surface area contributed by atoms with E-state index >= 15 is 0 Å². The van der Waals surface area contributed by atoms with Crippen LogP contribution < -0.4 is 25.3 Å². The van der Waals surface area contributed by atoms with Crippen LogP contribution in [0.25, 0.3) is 33.5 Å². The Morgan fingerprint density at radius 1 is 0.559 bits per heavy atom. The molecule has 26 nitrogen and oxygen atoms in total. The van der Waals surface area contributed by atoms with Gasteiger partial charge in [-0.3, -0.25) is 4.79 Å². The summed E-state index contributed by atoms with van der Waals surface area (Å²) in [5.41, 5.74) is 6.99. The van der Waals surface area contributed by atoms with Gasteiger partial charge < -0.3 is 49.9 Å². The van der Waals surface area contributed by atoms with E-state index in [-0.39, 0.29) is 41.5 Å². The highest BCUT2D eigenvalue weighted by Crippen LogP contribution is 2.40. The number of methoxy groups -OCH3 is 1. The van der Waals surface area contributed by atoms with E-state index in [2.05, 4.69) is 84.0 Å². The minimum Gasteiger partial charge on any atom is -0.453 e. The number of nitrogens with zero attached hydrogens (tertiary/aromatic N) is 20. The summed E-state index contributed by atoms with van der Waals surface area (Å²) in [6, 6.07) is 20.0. The second-order valence-electron chi connectivity index (χ2n) is 31.1. The van der Waals surface area contributed by atoms with Crippen molar-refractivity contribution in [3.8, 4) is 12.1 Å². The summed E-state index contributed by atoms with van der Waals surface area (Å²) in [6.45, 7) is 27.0. The van der Waals surface area contributed by atoms with E-state index in [0.29, 0.717) is 107 Å². The molecule has 6 atom stereocenters. The fraction of sp³-hybridized carbons (Fsp3) is 0.532. The van der Waals surface area contributed by atoms with E-state index < -0.39 is 5.60 Å². The number of benzene rings is 3. The molecule has 3 aromatic carbocycles. The van der Waals surface area contributed by atoms with Crippen LogP contribution in [0.4, 0.5) is 22.2 Å². The van der Waals surface area contributed by atoms with Gasteiger partial charge >= 0.3 is 6.09 Å². The molecule has 2 amide bonds. The molecule has 6 saturated heterocycles. The number of hydrogen-bond acceptors (Lipinski definition) is 21. The SMILES string of the molecule is CC(c1ccc(Cl)cc1Cl)n1nc(C#N)c2ncc(N3CC(C4CCCN(CC(C)(C)O)C4)C3)nc21.CNC(=O)CCCN1CCCC(C2CN(c3cnc4c(C#N)nn(C(C)c5ccc(Cl)cc5Cl)c4n3)C2)C1.COC(=O)NCCN1CCCC(C2CN(c3cnc4c(C)nn(C(C)c5ccc(Cl)cc5Cl)c4n3)C2)C1. The molecule has 111 heavy (non-hydrogen) atoms. The van der Waals surface area contributed by atoms with Crippen molar-refractivity contribution in [3.63, 3.8) is 0 Å². The Balaban J connectivity index is 0.000000146. The van der Waals surface area contributed by atoms with Gasteiger partial charge in [0.1, 0.15) is 46.1 Å². The van der Waals surface area contributed by atoms with Crippen LogP contribution in [0, 0.1) is 65.1 Å². The van der Waals surface area contributed by atoms with Crippen LogP contribution in [0.3, 0.4) is 0 Å². The number of fused-ring (bicyclic) bond motifs is 3. The number of alkyl carbamates (subject to hydrolysis) is 1. The number of nitriles is 2. The average Bonchev–Trinajstić information content (AvgIpc) is 1.63. The Hall–Kier alpha value is -7.99. The predicted molar refractivity (Wildman–Crippen MR) is 436 cm³/mol. The van der Waals surface area contributed by atoms with Crippen molar-refractivity contribution in [2.45, 2.75) is 117 Å². The lowest BCUT2D eigenvalue weighted by atomic mass is 9.80. The molecule has 0 aliphatic carbocycles. The summed E-state index contributed by atoms with van der Waals surface area (Å²) < 4.78 is 10.0. The number of hydrogen-bond donors (Lipinski definition) is 3. The lowest BCUT2D eigenvalue weighted by Gasteiger charge is -2.47. The first-order valence-electron chi connectivity index (χ1n) is 38.4. The molecule has 6 aliphatic rings. The van der Waals surface area contributed by atoms with Crippen LogP contribution in [0.5, 0.6) is 0 Å². The zero-order valence-corrected chi connectivity index (χ0v) is 68.5. The van der Waals surface area contributed by atoms with Crippen LogP contribution in [0.15, 0.2) is 73.2 Å². The number of carbonyl (C=O) groups excluding carboxylic acids is 2. The van der Waals surface area contributed by atoms with Gasteiger partial charge in [-0.15, -0.1) is 0 Å². The third-order valence-corrected chi connectivity index (χ3v) is 24.6. The monoisotopic (exact) mass is 1630 g/mol. The molecule has 3 N–H and O–H groups in total. The van der Waals surface area contributed by atoms with Gasteiger partial charge in [0.15, 0.2) is 28.3 Å². The predicted octanol–water partition coefficient (Wildman–Crippen LogP) is 13.4. The van der Waals surface area contributed by atoms with E-state index in [1.165, 1.54) is 45.6 Å². The molecule has 0 radical (unpaired) electrons. The van der Waals surface area contributed by atoms with Crippen LogP contribution in [-0.2, 0) is 9.53 Å².